The van der Waals surface area contributed by atoms with Gasteiger partial charge in [-0.15, -0.1) is 5.10 Å². The van der Waals surface area contributed by atoms with Crippen LogP contribution in [0.5, 0.6) is 0 Å². The number of imide groups is 1. The number of nitrogens with one attached hydrogen (secondary N) is 2. The van der Waals surface area contributed by atoms with Gasteiger partial charge in [-0.2, -0.15) is 0 Å². The molecule has 10 heteroatoms. The summed E-state index contributed by atoms with van der Waals surface area (Å²) >= 11 is 0. The fourth-order valence-corrected chi connectivity index (χ4v) is 4.44. The molecule has 2 aliphatic heterocycles. The van der Waals surface area contributed by atoms with E-state index in [4.69, 9.17) is 0 Å². The van der Waals surface area contributed by atoms with Crippen molar-refractivity contribution in [1.82, 2.24) is 35.5 Å². The predicted octanol–water partition coefficient (Wildman–Crippen LogP) is 1.56. The Labute approximate surface area is 190 Å². The Morgan fingerprint density at radius 2 is 2.12 bits per heavy atom. The smallest absolute Gasteiger partial charge is 0.322 e. The van der Waals surface area contributed by atoms with Gasteiger partial charge in [-0.1, -0.05) is 17.3 Å². The summed E-state index contributed by atoms with van der Waals surface area (Å²) in [6, 6.07) is 10.1. The lowest BCUT2D eigenvalue weighted by atomic mass is 9.91. The number of pyridine rings is 1. The Morgan fingerprint density at radius 3 is 2.88 bits per heavy atom. The summed E-state index contributed by atoms with van der Waals surface area (Å²) in [6.45, 7) is 2.28. The van der Waals surface area contributed by atoms with Crippen molar-refractivity contribution in [2.24, 2.45) is 0 Å². The molecule has 33 heavy (non-hydrogen) atoms. The molecule has 2 aromatic heterocycles. The zero-order valence-corrected chi connectivity index (χ0v) is 18.1. The van der Waals surface area contributed by atoms with Crippen LogP contribution < -0.4 is 10.6 Å². The monoisotopic (exact) mass is 445 g/mol. The Kier molecular flexibility index (Phi) is 5.12. The Morgan fingerprint density at radius 1 is 1.24 bits per heavy atom. The largest absolute Gasteiger partial charge is 0.335 e. The summed E-state index contributed by atoms with van der Waals surface area (Å²) in [5.41, 5.74) is 1.46. The Bertz CT molecular complexity index is 1230. The molecule has 2 saturated heterocycles. The first-order chi connectivity index (χ1) is 15.9. The molecule has 3 aromatic rings. The molecule has 4 amide bonds. The molecular formula is C23H23N7O3. The quantitative estimate of drug-likeness (QED) is 0.575. The van der Waals surface area contributed by atoms with E-state index in [0.29, 0.717) is 24.1 Å². The third-order valence-electron chi connectivity index (χ3n) is 6.27. The summed E-state index contributed by atoms with van der Waals surface area (Å²) in [4.78, 5) is 43.3. The highest BCUT2D eigenvalue weighted by Crippen LogP contribution is 2.27. The lowest BCUT2D eigenvalue weighted by Crippen LogP contribution is -2.41. The van der Waals surface area contributed by atoms with Crippen LogP contribution in [0.1, 0.15) is 41.4 Å². The first-order valence-corrected chi connectivity index (χ1v) is 10.8. The van der Waals surface area contributed by atoms with E-state index in [-0.39, 0.29) is 11.9 Å². The number of likely N-dealkylation sites (tertiary alicyclic amines) is 1. The molecule has 0 bridgehead atoms. The summed E-state index contributed by atoms with van der Waals surface area (Å²) < 4.78 is 1.68. The molecular weight excluding hydrogens is 422 g/mol. The molecule has 2 fully saturated rings. The number of aromatic nitrogens is 4. The fourth-order valence-electron chi connectivity index (χ4n) is 4.44. The molecule has 1 aromatic carbocycles. The number of hydrogen-bond acceptors (Lipinski definition) is 6. The van der Waals surface area contributed by atoms with Gasteiger partial charge in [0.05, 0.1) is 23.8 Å². The second kappa shape index (κ2) is 8.12. The number of urea groups is 1. The second-order valence-corrected chi connectivity index (χ2v) is 8.48. The zero-order valence-electron chi connectivity index (χ0n) is 18.1. The van der Waals surface area contributed by atoms with Crippen LogP contribution in [0.25, 0.3) is 5.69 Å². The van der Waals surface area contributed by atoms with Gasteiger partial charge < -0.3 is 10.2 Å². The van der Waals surface area contributed by atoms with Crippen molar-refractivity contribution in [3.05, 3.63) is 71.8 Å². The van der Waals surface area contributed by atoms with Gasteiger partial charge in [0.1, 0.15) is 5.54 Å². The number of amides is 4. The zero-order chi connectivity index (χ0) is 23.0. The maximum absolute atomic E-state index is 13.4. The molecule has 2 unspecified atom stereocenters. The molecule has 0 saturated carbocycles. The van der Waals surface area contributed by atoms with E-state index in [0.717, 1.165) is 24.2 Å². The number of benzene rings is 1. The molecule has 10 nitrogen and oxygen atoms in total. The third kappa shape index (κ3) is 3.84. The maximum Gasteiger partial charge on any atom is 0.322 e. The van der Waals surface area contributed by atoms with E-state index in [1.165, 1.54) is 0 Å². The number of rotatable bonds is 5. The molecule has 2 N–H and O–H groups in total. The van der Waals surface area contributed by atoms with Crippen molar-refractivity contribution in [2.45, 2.75) is 37.8 Å². The number of hydrogen-bond donors (Lipinski definition) is 2. The minimum absolute atomic E-state index is 0.00488. The SMILES string of the molecule is CC1(c2cccc(C(=O)N3CCCC3Cc3cn(-c4cccnc4)nn3)c2)NC(=O)NC1=O. The lowest BCUT2D eigenvalue weighted by molar-refractivity contribution is -0.123. The predicted molar refractivity (Wildman–Crippen MR) is 117 cm³/mol. The summed E-state index contributed by atoms with van der Waals surface area (Å²) in [5.74, 6) is -0.541. The van der Waals surface area contributed by atoms with E-state index in [1.54, 1.807) is 48.3 Å². The minimum atomic E-state index is -1.21. The van der Waals surface area contributed by atoms with E-state index in [2.05, 4.69) is 25.9 Å². The number of carbonyl (C=O) groups excluding carboxylic acids is 3. The van der Waals surface area contributed by atoms with Gasteiger partial charge in [-0.3, -0.25) is 19.9 Å². The van der Waals surface area contributed by atoms with Gasteiger partial charge in [0, 0.05) is 30.8 Å². The minimum Gasteiger partial charge on any atom is -0.335 e. The molecule has 4 heterocycles. The molecule has 5 rings (SSSR count). The van der Waals surface area contributed by atoms with Crippen molar-refractivity contribution in [1.29, 1.82) is 0 Å². The topological polar surface area (TPSA) is 122 Å². The van der Waals surface area contributed by atoms with Crippen LogP contribution in [-0.4, -0.2) is 55.3 Å². The van der Waals surface area contributed by atoms with Gasteiger partial charge in [-0.25, -0.2) is 9.48 Å². The van der Waals surface area contributed by atoms with E-state index in [1.807, 2.05) is 23.2 Å². The van der Waals surface area contributed by atoms with Crippen LogP contribution in [-0.2, 0) is 16.8 Å². The number of nitrogens with zero attached hydrogens (tertiary/aromatic N) is 5. The first kappa shape index (κ1) is 20.8. The van der Waals surface area contributed by atoms with Gasteiger partial charge in [0.2, 0.25) is 0 Å². The first-order valence-electron chi connectivity index (χ1n) is 10.8. The van der Waals surface area contributed by atoms with Crippen molar-refractivity contribution in [3.8, 4) is 5.69 Å². The van der Waals surface area contributed by atoms with Crippen molar-refractivity contribution in [2.75, 3.05) is 6.54 Å². The maximum atomic E-state index is 13.4. The standard InChI is InChI=1S/C23H23N7O3/c1-23(21(32)25-22(33)26-23)16-6-2-5-15(11-16)20(31)29-10-4-8-18(29)12-17-14-30(28-27-17)19-7-3-9-24-13-19/h2-3,5-7,9,11,13-14,18H,4,8,10,12H2,1H3,(H2,25,26,32,33). The molecule has 0 aliphatic carbocycles. The second-order valence-electron chi connectivity index (χ2n) is 8.48. The van der Waals surface area contributed by atoms with Crippen LogP contribution in [0.3, 0.4) is 0 Å². The number of carbonyl (C=O) groups is 3. The Hall–Kier alpha value is -4.08. The van der Waals surface area contributed by atoms with E-state index >= 15 is 0 Å². The highest BCUT2D eigenvalue weighted by atomic mass is 16.2. The summed E-state index contributed by atoms with van der Waals surface area (Å²) in [6.07, 6.45) is 7.66. The summed E-state index contributed by atoms with van der Waals surface area (Å²) in [7, 11) is 0. The van der Waals surface area contributed by atoms with Crippen LogP contribution in [0, 0.1) is 0 Å². The van der Waals surface area contributed by atoms with Crippen LogP contribution in [0.4, 0.5) is 4.79 Å². The average Bonchev–Trinajstić information content (AvgIpc) is 3.54. The van der Waals surface area contributed by atoms with Gasteiger partial charge in [-0.05, 0) is 49.6 Å². The van der Waals surface area contributed by atoms with Crippen LogP contribution in [0.15, 0.2) is 55.0 Å². The van der Waals surface area contributed by atoms with E-state index < -0.39 is 17.5 Å². The highest BCUT2D eigenvalue weighted by molar-refractivity contribution is 6.07. The molecule has 0 radical (unpaired) electrons. The highest BCUT2D eigenvalue weighted by Gasteiger charge is 2.43. The van der Waals surface area contributed by atoms with Crippen LogP contribution >= 0.6 is 0 Å². The van der Waals surface area contributed by atoms with Crippen molar-refractivity contribution < 1.29 is 14.4 Å². The fraction of sp³-hybridized carbons (Fsp3) is 0.304. The summed E-state index contributed by atoms with van der Waals surface area (Å²) in [5, 5.41) is 13.4. The van der Waals surface area contributed by atoms with Gasteiger partial charge in [0.25, 0.3) is 11.8 Å². The Balaban J connectivity index is 1.33. The van der Waals surface area contributed by atoms with Crippen molar-refractivity contribution >= 4 is 17.8 Å². The van der Waals surface area contributed by atoms with Gasteiger partial charge in [0.15, 0.2) is 0 Å². The normalized spacial score (nSPS) is 22.3. The molecule has 2 aliphatic rings. The van der Waals surface area contributed by atoms with Crippen LogP contribution in [0.2, 0.25) is 0 Å². The molecule has 168 valence electrons. The molecule has 2 atom stereocenters. The third-order valence-corrected chi connectivity index (χ3v) is 6.27. The average molecular weight is 445 g/mol. The van der Waals surface area contributed by atoms with E-state index in [9.17, 15) is 14.4 Å². The molecule has 0 spiro atoms. The lowest BCUT2D eigenvalue weighted by Gasteiger charge is -2.26. The van der Waals surface area contributed by atoms with Crippen molar-refractivity contribution in [3.63, 3.8) is 0 Å². The van der Waals surface area contributed by atoms with Gasteiger partial charge >= 0.3 is 6.03 Å².